The Morgan fingerprint density at radius 1 is 0.865 bits per heavy atom. The fourth-order valence-corrected chi connectivity index (χ4v) is 9.93. The standard InChI is InChI=1S/C32H42O4Si/c1-31(2,3)37(27-18-11-7-12-19-27,28-20-13-8-14-21-28)35-23-15-22-29(30-25-34-32(4,5)36-30)33-24-26-16-9-6-10-17-26/h6-14,16-21,29-30H,15,22-25H2,1-5H3/t29-,30-/m1/s1. The molecule has 1 aliphatic rings. The Hall–Kier alpha value is -2.28. The fourth-order valence-electron chi connectivity index (χ4n) is 5.32. The van der Waals surface area contributed by atoms with Crippen molar-refractivity contribution in [3.8, 4) is 0 Å². The van der Waals surface area contributed by atoms with E-state index < -0.39 is 14.1 Å². The third kappa shape index (κ3) is 6.78. The largest absolute Gasteiger partial charge is 0.407 e. The van der Waals surface area contributed by atoms with E-state index in [0.29, 0.717) is 19.8 Å². The number of hydrogen-bond donors (Lipinski definition) is 0. The molecule has 4 rings (SSSR count). The van der Waals surface area contributed by atoms with Crippen LogP contribution >= 0.6 is 0 Å². The Balaban J connectivity index is 1.50. The highest BCUT2D eigenvalue weighted by molar-refractivity contribution is 6.99. The second-order valence-electron chi connectivity index (χ2n) is 11.4. The van der Waals surface area contributed by atoms with Crippen LogP contribution < -0.4 is 10.4 Å². The Bertz CT molecular complexity index is 1040. The van der Waals surface area contributed by atoms with Crippen LogP contribution in [0.4, 0.5) is 0 Å². The van der Waals surface area contributed by atoms with Crippen molar-refractivity contribution in [2.24, 2.45) is 0 Å². The lowest BCUT2D eigenvalue weighted by atomic mass is 10.1. The average molecular weight is 519 g/mol. The smallest absolute Gasteiger partial charge is 0.261 e. The Labute approximate surface area is 224 Å². The molecule has 3 aromatic rings. The van der Waals surface area contributed by atoms with Gasteiger partial charge in [0.05, 0.1) is 19.3 Å². The van der Waals surface area contributed by atoms with Crippen LogP contribution in [-0.2, 0) is 25.2 Å². The second-order valence-corrected chi connectivity index (χ2v) is 15.7. The minimum atomic E-state index is -2.54. The lowest BCUT2D eigenvalue weighted by Gasteiger charge is -2.43. The van der Waals surface area contributed by atoms with E-state index in [2.05, 4.69) is 93.6 Å². The van der Waals surface area contributed by atoms with E-state index in [0.717, 1.165) is 18.4 Å². The zero-order chi connectivity index (χ0) is 26.4. The van der Waals surface area contributed by atoms with Crippen molar-refractivity contribution < 1.29 is 18.6 Å². The molecule has 1 heterocycles. The summed E-state index contributed by atoms with van der Waals surface area (Å²) in [4.78, 5) is 0. The average Bonchev–Trinajstić information content (AvgIpc) is 3.26. The van der Waals surface area contributed by atoms with Crippen LogP contribution in [0, 0.1) is 0 Å². The molecule has 37 heavy (non-hydrogen) atoms. The van der Waals surface area contributed by atoms with E-state index in [-0.39, 0.29) is 17.2 Å². The van der Waals surface area contributed by atoms with Crippen molar-refractivity contribution in [2.75, 3.05) is 13.2 Å². The van der Waals surface area contributed by atoms with E-state index >= 15 is 0 Å². The van der Waals surface area contributed by atoms with Crippen LogP contribution in [0.25, 0.3) is 0 Å². The monoisotopic (exact) mass is 518 g/mol. The van der Waals surface area contributed by atoms with Crippen LogP contribution in [-0.4, -0.2) is 39.5 Å². The molecule has 4 nitrogen and oxygen atoms in total. The Kier molecular flexibility index (Phi) is 9.04. The van der Waals surface area contributed by atoms with Gasteiger partial charge in [-0.05, 0) is 47.7 Å². The van der Waals surface area contributed by atoms with Gasteiger partial charge in [0, 0.05) is 6.61 Å². The SMILES string of the molecule is CC1(C)OC[C@H]([C@@H](CCCO[Si](c2ccccc2)(c2ccccc2)C(C)(C)C)OCc2ccccc2)O1. The predicted octanol–water partition coefficient (Wildman–Crippen LogP) is 6.08. The summed E-state index contributed by atoms with van der Waals surface area (Å²) >= 11 is 0. The highest BCUT2D eigenvalue weighted by atomic mass is 28.4. The predicted molar refractivity (Wildman–Crippen MR) is 153 cm³/mol. The molecule has 2 atom stereocenters. The van der Waals surface area contributed by atoms with Crippen LogP contribution in [0.2, 0.25) is 5.04 Å². The lowest BCUT2D eigenvalue weighted by Crippen LogP contribution is -2.66. The number of hydrogen-bond acceptors (Lipinski definition) is 4. The third-order valence-electron chi connectivity index (χ3n) is 7.12. The summed E-state index contributed by atoms with van der Waals surface area (Å²) in [7, 11) is -2.54. The third-order valence-corrected chi connectivity index (χ3v) is 12.2. The normalized spacial score (nSPS) is 18.6. The maximum absolute atomic E-state index is 7.09. The maximum Gasteiger partial charge on any atom is 0.261 e. The molecule has 0 aliphatic carbocycles. The molecule has 0 spiro atoms. The van der Waals surface area contributed by atoms with Gasteiger partial charge >= 0.3 is 0 Å². The zero-order valence-electron chi connectivity index (χ0n) is 23.0. The van der Waals surface area contributed by atoms with E-state index in [1.54, 1.807) is 0 Å². The first kappa shape index (κ1) is 27.7. The van der Waals surface area contributed by atoms with Gasteiger partial charge in [-0.25, -0.2) is 0 Å². The summed E-state index contributed by atoms with van der Waals surface area (Å²) in [6, 6.07) is 31.9. The van der Waals surface area contributed by atoms with Crippen molar-refractivity contribution in [2.45, 2.75) is 77.1 Å². The molecule has 5 heteroatoms. The summed E-state index contributed by atoms with van der Waals surface area (Å²) in [5, 5.41) is 2.57. The Morgan fingerprint density at radius 3 is 1.89 bits per heavy atom. The van der Waals surface area contributed by atoms with Crippen molar-refractivity contribution in [1.82, 2.24) is 0 Å². The van der Waals surface area contributed by atoms with Gasteiger partial charge in [0.25, 0.3) is 8.32 Å². The van der Waals surface area contributed by atoms with Gasteiger partial charge in [-0.3, -0.25) is 0 Å². The van der Waals surface area contributed by atoms with Crippen molar-refractivity contribution in [1.29, 1.82) is 0 Å². The molecule has 3 aromatic carbocycles. The lowest BCUT2D eigenvalue weighted by molar-refractivity contribution is -0.158. The van der Waals surface area contributed by atoms with Crippen molar-refractivity contribution >= 4 is 18.7 Å². The van der Waals surface area contributed by atoms with Crippen LogP contribution in [0.1, 0.15) is 53.0 Å². The van der Waals surface area contributed by atoms with Crippen molar-refractivity contribution in [3.63, 3.8) is 0 Å². The molecule has 1 aliphatic heterocycles. The van der Waals surface area contributed by atoms with Gasteiger partial charge < -0.3 is 18.6 Å². The molecule has 0 amide bonds. The molecular formula is C32H42O4Si. The van der Waals surface area contributed by atoms with Crippen LogP contribution in [0.15, 0.2) is 91.0 Å². The van der Waals surface area contributed by atoms with E-state index in [4.69, 9.17) is 18.6 Å². The number of rotatable bonds is 11. The van der Waals surface area contributed by atoms with Gasteiger partial charge in [0.1, 0.15) is 6.10 Å². The first-order valence-corrected chi connectivity index (χ1v) is 15.3. The molecular weight excluding hydrogens is 476 g/mol. The van der Waals surface area contributed by atoms with Gasteiger partial charge in [-0.15, -0.1) is 0 Å². The van der Waals surface area contributed by atoms with Gasteiger partial charge in [-0.1, -0.05) is 112 Å². The molecule has 0 radical (unpaired) electrons. The molecule has 0 bridgehead atoms. The van der Waals surface area contributed by atoms with Crippen molar-refractivity contribution in [3.05, 3.63) is 96.6 Å². The number of ether oxygens (including phenoxy) is 3. The molecule has 0 saturated carbocycles. The fraction of sp³-hybridized carbons (Fsp3) is 0.438. The van der Waals surface area contributed by atoms with E-state index in [1.165, 1.54) is 10.4 Å². The van der Waals surface area contributed by atoms with Gasteiger partial charge in [-0.2, -0.15) is 0 Å². The molecule has 1 fully saturated rings. The van der Waals surface area contributed by atoms with Gasteiger partial charge in [0.15, 0.2) is 5.79 Å². The molecule has 0 N–H and O–H groups in total. The highest BCUT2D eigenvalue weighted by Gasteiger charge is 2.50. The first-order chi connectivity index (χ1) is 17.7. The topological polar surface area (TPSA) is 36.9 Å². The Morgan fingerprint density at radius 2 is 1.41 bits per heavy atom. The van der Waals surface area contributed by atoms with Gasteiger partial charge in [0.2, 0.25) is 0 Å². The summed E-state index contributed by atoms with van der Waals surface area (Å²) in [5.74, 6) is -0.579. The molecule has 198 valence electrons. The summed E-state index contributed by atoms with van der Waals surface area (Å²) in [5.41, 5.74) is 1.16. The second kappa shape index (κ2) is 12.1. The zero-order valence-corrected chi connectivity index (χ0v) is 24.0. The summed E-state index contributed by atoms with van der Waals surface area (Å²) < 4.78 is 25.6. The summed E-state index contributed by atoms with van der Waals surface area (Å²) in [6.45, 7) is 12.6. The minimum Gasteiger partial charge on any atom is -0.407 e. The number of benzene rings is 3. The van der Waals surface area contributed by atoms with E-state index in [9.17, 15) is 0 Å². The van der Waals surface area contributed by atoms with Crippen LogP contribution in [0.3, 0.4) is 0 Å². The molecule has 0 aromatic heterocycles. The van der Waals surface area contributed by atoms with Crippen LogP contribution in [0.5, 0.6) is 0 Å². The highest BCUT2D eigenvalue weighted by Crippen LogP contribution is 2.37. The van der Waals surface area contributed by atoms with E-state index in [1.807, 2.05) is 32.0 Å². The summed E-state index contributed by atoms with van der Waals surface area (Å²) in [6.07, 6.45) is 1.57. The molecule has 0 unspecified atom stereocenters. The maximum atomic E-state index is 7.09. The molecule has 1 saturated heterocycles. The first-order valence-electron chi connectivity index (χ1n) is 13.4. The minimum absolute atomic E-state index is 0.0364. The quantitative estimate of drug-likeness (QED) is 0.228.